The highest BCUT2D eigenvalue weighted by Crippen LogP contribution is 2.28. The summed E-state index contributed by atoms with van der Waals surface area (Å²) in [5, 5.41) is 3.01. The number of benzene rings is 2. The van der Waals surface area contributed by atoms with E-state index in [2.05, 4.69) is 26.2 Å². The van der Waals surface area contributed by atoms with E-state index >= 15 is 0 Å². The van der Waals surface area contributed by atoms with Crippen LogP contribution in [0, 0.1) is 5.82 Å². The second-order valence-electron chi connectivity index (χ2n) is 4.82. The number of methoxy groups -OCH3 is 1. The van der Waals surface area contributed by atoms with Gasteiger partial charge in [0.25, 0.3) is 0 Å². The van der Waals surface area contributed by atoms with E-state index in [4.69, 9.17) is 4.74 Å². The van der Waals surface area contributed by atoms with E-state index < -0.39 is 5.82 Å². The van der Waals surface area contributed by atoms with E-state index in [1.54, 1.807) is 31.4 Å². The van der Waals surface area contributed by atoms with Crippen molar-refractivity contribution in [2.24, 2.45) is 0 Å². The van der Waals surface area contributed by atoms with Crippen molar-refractivity contribution in [1.82, 2.24) is 4.98 Å². The average Bonchev–Trinajstić information content (AvgIpc) is 2.97. The van der Waals surface area contributed by atoms with Crippen LogP contribution < -0.4 is 10.1 Å². The number of hydrogen-bond acceptors (Lipinski definition) is 4. The third kappa shape index (κ3) is 3.63. The van der Waals surface area contributed by atoms with E-state index in [0.29, 0.717) is 15.6 Å². The number of nitrogens with one attached hydrogen (secondary N) is 1. The summed E-state index contributed by atoms with van der Waals surface area (Å²) in [5.74, 6) is -0.0163. The summed E-state index contributed by atoms with van der Waals surface area (Å²) in [6.45, 7) is 0. The number of nitrogens with zero attached hydrogens (tertiary/aromatic N) is 1. The van der Waals surface area contributed by atoms with Crippen LogP contribution in [0.1, 0.15) is 5.56 Å². The van der Waals surface area contributed by atoms with Gasteiger partial charge in [0.15, 0.2) is 5.13 Å². The minimum Gasteiger partial charge on any atom is -0.496 e. The van der Waals surface area contributed by atoms with Crippen molar-refractivity contribution in [1.29, 1.82) is 0 Å². The number of para-hydroxylation sites is 1. The van der Waals surface area contributed by atoms with E-state index in [-0.39, 0.29) is 11.4 Å². The number of carbonyl (C=O) groups excluding carboxylic acids is 1. The number of halogens is 2. The molecule has 24 heavy (non-hydrogen) atoms. The van der Waals surface area contributed by atoms with Gasteiger partial charge in [-0.1, -0.05) is 23.5 Å². The fourth-order valence-electron chi connectivity index (χ4n) is 2.07. The maximum absolute atomic E-state index is 13.6. The molecule has 1 amide bonds. The van der Waals surface area contributed by atoms with Crippen molar-refractivity contribution in [3.05, 3.63) is 58.3 Å². The molecular formula is C17H12BrFN2O2S. The van der Waals surface area contributed by atoms with Gasteiger partial charge in [-0.25, -0.2) is 9.37 Å². The minimum atomic E-state index is -0.400. The lowest BCUT2D eigenvalue weighted by molar-refractivity contribution is -0.111. The maximum atomic E-state index is 13.6. The molecule has 4 nitrogen and oxygen atoms in total. The molecule has 1 aromatic heterocycles. The van der Waals surface area contributed by atoms with Gasteiger partial charge in [0.1, 0.15) is 17.1 Å². The third-order valence-corrected chi connectivity index (χ3v) is 4.76. The molecule has 3 rings (SSSR count). The Balaban J connectivity index is 1.72. The van der Waals surface area contributed by atoms with Crippen LogP contribution in [0.15, 0.2) is 46.9 Å². The summed E-state index contributed by atoms with van der Waals surface area (Å²) in [4.78, 5) is 16.1. The first-order valence-corrected chi connectivity index (χ1v) is 8.55. The van der Waals surface area contributed by atoms with Gasteiger partial charge in [-0.3, -0.25) is 10.1 Å². The fraction of sp³-hybridized carbons (Fsp3) is 0.0588. The van der Waals surface area contributed by atoms with Gasteiger partial charge in [-0.05, 0) is 51.8 Å². The SMILES string of the molecule is COc1ccc(/C=C/C(=O)Nc2nc3c(F)cccc3s2)cc1Br. The molecule has 0 aliphatic carbocycles. The predicted molar refractivity (Wildman–Crippen MR) is 97.9 cm³/mol. The molecule has 0 radical (unpaired) electrons. The Morgan fingerprint density at radius 2 is 2.21 bits per heavy atom. The summed E-state index contributed by atoms with van der Waals surface area (Å²) in [6.07, 6.45) is 3.07. The molecule has 0 atom stereocenters. The zero-order valence-electron chi connectivity index (χ0n) is 12.5. The molecule has 0 aliphatic rings. The van der Waals surface area contributed by atoms with E-state index in [1.807, 2.05) is 12.1 Å². The van der Waals surface area contributed by atoms with Crippen LogP contribution in [0.2, 0.25) is 0 Å². The highest BCUT2D eigenvalue weighted by atomic mass is 79.9. The molecule has 0 aliphatic heterocycles. The van der Waals surface area contributed by atoms with Crippen molar-refractivity contribution in [3.8, 4) is 5.75 Å². The normalized spacial score (nSPS) is 11.1. The fourth-order valence-corrected chi connectivity index (χ4v) is 3.52. The molecule has 1 heterocycles. The monoisotopic (exact) mass is 406 g/mol. The lowest BCUT2D eigenvalue weighted by Gasteiger charge is -2.03. The van der Waals surface area contributed by atoms with Crippen LogP contribution in [-0.2, 0) is 4.79 Å². The number of amides is 1. The zero-order chi connectivity index (χ0) is 17.1. The molecule has 7 heteroatoms. The van der Waals surface area contributed by atoms with E-state index in [0.717, 1.165) is 10.0 Å². The zero-order valence-corrected chi connectivity index (χ0v) is 14.9. The number of thiazole rings is 1. The standard InChI is InChI=1S/C17H12BrFN2O2S/c1-23-13-7-5-10(9-11(13)18)6-8-15(22)20-17-21-16-12(19)3-2-4-14(16)24-17/h2-9H,1H3,(H,20,21,22)/b8-6+. The predicted octanol–water partition coefficient (Wildman–Crippen LogP) is 4.86. The first-order valence-electron chi connectivity index (χ1n) is 6.94. The summed E-state index contributed by atoms with van der Waals surface area (Å²) >= 11 is 4.62. The largest absolute Gasteiger partial charge is 0.496 e. The highest BCUT2D eigenvalue weighted by molar-refractivity contribution is 9.10. The number of hydrogen-bond donors (Lipinski definition) is 1. The van der Waals surface area contributed by atoms with Gasteiger partial charge in [0.05, 0.1) is 16.3 Å². The molecule has 0 saturated carbocycles. The van der Waals surface area contributed by atoms with Crippen LogP contribution in [0.5, 0.6) is 5.75 Å². The molecule has 2 aromatic carbocycles. The van der Waals surface area contributed by atoms with Gasteiger partial charge in [0.2, 0.25) is 5.91 Å². The second kappa shape index (κ2) is 7.11. The first-order chi connectivity index (χ1) is 11.6. The number of aromatic nitrogens is 1. The Morgan fingerprint density at radius 3 is 2.92 bits per heavy atom. The molecule has 0 bridgehead atoms. The molecule has 0 spiro atoms. The highest BCUT2D eigenvalue weighted by Gasteiger charge is 2.09. The smallest absolute Gasteiger partial charge is 0.250 e. The Labute approximate surface area is 150 Å². The van der Waals surface area contributed by atoms with Gasteiger partial charge < -0.3 is 4.74 Å². The van der Waals surface area contributed by atoms with Gasteiger partial charge >= 0.3 is 0 Å². The summed E-state index contributed by atoms with van der Waals surface area (Å²) in [7, 11) is 1.59. The lowest BCUT2D eigenvalue weighted by atomic mass is 10.2. The van der Waals surface area contributed by atoms with Crippen molar-refractivity contribution < 1.29 is 13.9 Å². The van der Waals surface area contributed by atoms with E-state index in [9.17, 15) is 9.18 Å². The lowest BCUT2D eigenvalue weighted by Crippen LogP contribution is -2.07. The number of anilines is 1. The Morgan fingerprint density at radius 1 is 1.38 bits per heavy atom. The maximum Gasteiger partial charge on any atom is 0.250 e. The molecular weight excluding hydrogens is 395 g/mol. The summed E-state index contributed by atoms with van der Waals surface area (Å²) in [5.41, 5.74) is 1.11. The number of fused-ring (bicyclic) bond motifs is 1. The molecule has 0 saturated heterocycles. The molecule has 1 N–H and O–H groups in total. The third-order valence-electron chi connectivity index (χ3n) is 3.20. The Hall–Kier alpha value is -2.25. The molecule has 122 valence electrons. The van der Waals surface area contributed by atoms with Crippen LogP contribution in [-0.4, -0.2) is 18.0 Å². The number of ether oxygens (including phenoxy) is 1. The minimum absolute atomic E-state index is 0.265. The topological polar surface area (TPSA) is 51.2 Å². The van der Waals surface area contributed by atoms with Crippen molar-refractivity contribution in [2.75, 3.05) is 12.4 Å². The Bertz CT molecular complexity index is 939. The van der Waals surface area contributed by atoms with Crippen LogP contribution in [0.4, 0.5) is 9.52 Å². The van der Waals surface area contributed by atoms with Gasteiger partial charge in [-0.2, -0.15) is 0 Å². The van der Waals surface area contributed by atoms with E-state index in [1.165, 1.54) is 23.5 Å². The van der Waals surface area contributed by atoms with Crippen LogP contribution >= 0.6 is 27.3 Å². The molecule has 3 aromatic rings. The number of rotatable bonds is 4. The van der Waals surface area contributed by atoms with Crippen molar-refractivity contribution in [2.45, 2.75) is 0 Å². The Kier molecular flexibility index (Phi) is 4.92. The number of carbonyl (C=O) groups is 1. The van der Waals surface area contributed by atoms with Gasteiger partial charge in [0, 0.05) is 6.08 Å². The average molecular weight is 407 g/mol. The quantitative estimate of drug-likeness (QED) is 0.629. The van der Waals surface area contributed by atoms with Crippen molar-refractivity contribution >= 4 is 54.6 Å². The summed E-state index contributed by atoms with van der Waals surface area (Å²) in [6, 6.07) is 10.2. The second-order valence-corrected chi connectivity index (χ2v) is 6.71. The summed E-state index contributed by atoms with van der Waals surface area (Å²) < 4.78 is 20.3. The molecule has 0 unspecified atom stereocenters. The molecule has 0 fully saturated rings. The first kappa shape index (κ1) is 16.6. The van der Waals surface area contributed by atoms with Crippen LogP contribution in [0.25, 0.3) is 16.3 Å². The van der Waals surface area contributed by atoms with Crippen LogP contribution in [0.3, 0.4) is 0 Å². The van der Waals surface area contributed by atoms with Crippen molar-refractivity contribution in [3.63, 3.8) is 0 Å². The van der Waals surface area contributed by atoms with Gasteiger partial charge in [-0.15, -0.1) is 0 Å².